The van der Waals surface area contributed by atoms with Crippen LogP contribution in [0.25, 0.3) is 10.2 Å². The topological polar surface area (TPSA) is 46.1 Å². The van der Waals surface area contributed by atoms with Gasteiger partial charge in [-0.3, -0.25) is 14.7 Å². The predicted molar refractivity (Wildman–Crippen MR) is 110 cm³/mol. The zero-order chi connectivity index (χ0) is 19.5. The van der Waals surface area contributed by atoms with Crippen LogP contribution in [0.1, 0.15) is 16.8 Å². The minimum Gasteiger partial charge on any atom is -0.282 e. The quantitative estimate of drug-likeness (QED) is 0.485. The second-order valence-corrected chi connectivity index (χ2v) is 7.56. The molecule has 0 fully saturated rings. The number of hydrogen-bond donors (Lipinski definition) is 0. The lowest BCUT2D eigenvalue weighted by molar-refractivity contribution is -0.118. The number of aryl methyl sites for hydroxylation is 1. The van der Waals surface area contributed by atoms with Crippen LogP contribution in [0.3, 0.4) is 0 Å². The Bertz CT molecular complexity index is 1130. The molecule has 0 aliphatic carbocycles. The number of hydrogen-bond acceptors (Lipinski definition) is 4. The Labute approximate surface area is 166 Å². The van der Waals surface area contributed by atoms with Gasteiger partial charge >= 0.3 is 0 Å². The van der Waals surface area contributed by atoms with Crippen molar-refractivity contribution in [3.63, 3.8) is 0 Å². The predicted octanol–water partition coefficient (Wildman–Crippen LogP) is 4.91. The Hall–Kier alpha value is -3.12. The lowest BCUT2D eigenvalue weighted by Crippen LogP contribution is -2.32. The molecule has 4 aromatic rings. The summed E-state index contributed by atoms with van der Waals surface area (Å²) in [5.41, 5.74) is 3.07. The normalized spacial score (nSPS) is 10.9. The summed E-state index contributed by atoms with van der Waals surface area (Å²) in [6.45, 7) is 2.28. The summed E-state index contributed by atoms with van der Waals surface area (Å²) >= 11 is 1.31. The number of rotatable bonds is 5. The van der Waals surface area contributed by atoms with Crippen molar-refractivity contribution in [3.05, 3.63) is 89.5 Å². The van der Waals surface area contributed by atoms with Crippen molar-refractivity contribution in [1.29, 1.82) is 0 Å². The van der Waals surface area contributed by atoms with Crippen LogP contribution in [0.5, 0.6) is 0 Å². The van der Waals surface area contributed by atoms with E-state index in [1.807, 2.05) is 55.5 Å². The third kappa shape index (κ3) is 3.92. The van der Waals surface area contributed by atoms with Gasteiger partial charge in [0.1, 0.15) is 11.3 Å². The molecule has 0 saturated carbocycles. The Morgan fingerprint density at radius 3 is 2.71 bits per heavy atom. The number of halogens is 1. The van der Waals surface area contributed by atoms with Crippen LogP contribution in [0, 0.1) is 12.7 Å². The zero-order valence-corrected chi connectivity index (χ0v) is 16.1. The van der Waals surface area contributed by atoms with Crippen molar-refractivity contribution in [2.24, 2.45) is 0 Å². The van der Waals surface area contributed by atoms with Crippen LogP contribution in [-0.4, -0.2) is 15.9 Å². The zero-order valence-electron chi connectivity index (χ0n) is 15.3. The highest BCUT2D eigenvalue weighted by Crippen LogP contribution is 2.31. The summed E-state index contributed by atoms with van der Waals surface area (Å²) in [7, 11) is 0. The molecular formula is C22H18FN3OS. The van der Waals surface area contributed by atoms with Gasteiger partial charge in [-0.15, -0.1) is 0 Å². The van der Waals surface area contributed by atoms with Crippen molar-refractivity contribution < 1.29 is 9.18 Å². The molecule has 0 N–H and O–H groups in total. The van der Waals surface area contributed by atoms with E-state index in [0.29, 0.717) is 9.83 Å². The van der Waals surface area contributed by atoms with E-state index < -0.39 is 0 Å². The number of benzene rings is 2. The largest absolute Gasteiger partial charge is 0.282 e. The van der Waals surface area contributed by atoms with Crippen LogP contribution in [-0.2, 0) is 17.8 Å². The first-order chi connectivity index (χ1) is 13.6. The number of fused-ring (bicyclic) bond motifs is 1. The molecule has 4 nitrogen and oxygen atoms in total. The number of amides is 1. The van der Waals surface area contributed by atoms with Gasteiger partial charge in [-0.1, -0.05) is 53.3 Å². The van der Waals surface area contributed by atoms with Gasteiger partial charge in [-0.2, -0.15) is 0 Å². The average molecular weight is 391 g/mol. The van der Waals surface area contributed by atoms with E-state index in [4.69, 9.17) is 0 Å². The smallest absolute Gasteiger partial charge is 0.233 e. The molecule has 28 heavy (non-hydrogen) atoms. The first-order valence-corrected chi connectivity index (χ1v) is 9.73. The molecule has 4 rings (SSSR count). The fourth-order valence-electron chi connectivity index (χ4n) is 3.03. The van der Waals surface area contributed by atoms with Gasteiger partial charge in [0.2, 0.25) is 5.91 Å². The molecule has 2 aromatic heterocycles. The van der Waals surface area contributed by atoms with Gasteiger partial charge in [0.05, 0.1) is 23.4 Å². The van der Waals surface area contributed by atoms with E-state index in [1.165, 1.54) is 17.4 Å². The first-order valence-electron chi connectivity index (χ1n) is 8.91. The van der Waals surface area contributed by atoms with Crippen molar-refractivity contribution in [2.75, 3.05) is 4.90 Å². The Morgan fingerprint density at radius 1 is 1.11 bits per heavy atom. The highest BCUT2D eigenvalue weighted by atomic mass is 32.1. The number of pyridine rings is 1. The number of carbonyl (C=O) groups is 1. The average Bonchev–Trinajstić information content (AvgIpc) is 3.12. The molecule has 140 valence electrons. The molecule has 0 saturated heterocycles. The lowest BCUT2D eigenvalue weighted by Gasteiger charge is -2.19. The standard InChI is InChI=1S/C22H18FN3OS/c1-15-6-4-7-16(12-15)13-20(27)26(14-17-8-2-3-11-24-17)22-25-21-18(23)9-5-10-19(21)28-22/h2-12H,13-14H2,1H3. The molecule has 0 bridgehead atoms. The van der Waals surface area contributed by atoms with Crippen molar-refractivity contribution >= 4 is 32.6 Å². The number of carbonyl (C=O) groups excluding carboxylic acids is 1. The molecule has 0 spiro atoms. The third-order valence-corrected chi connectivity index (χ3v) is 5.42. The molecule has 0 radical (unpaired) electrons. The minimum atomic E-state index is -0.385. The van der Waals surface area contributed by atoms with Crippen LogP contribution >= 0.6 is 11.3 Å². The van der Waals surface area contributed by atoms with Gasteiger partial charge in [-0.05, 0) is 36.8 Å². The number of aromatic nitrogens is 2. The Balaban J connectivity index is 1.70. The number of para-hydroxylation sites is 1. The Kier molecular flexibility index (Phi) is 5.12. The third-order valence-electron chi connectivity index (χ3n) is 4.37. The molecular weight excluding hydrogens is 373 g/mol. The molecule has 2 heterocycles. The molecule has 0 atom stereocenters. The maximum absolute atomic E-state index is 14.1. The summed E-state index contributed by atoms with van der Waals surface area (Å²) in [6.07, 6.45) is 1.93. The van der Waals surface area contributed by atoms with Crippen LogP contribution < -0.4 is 4.90 Å². The van der Waals surface area contributed by atoms with E-state index in [-0.39, 0.29) is 30.2 Å². The summed E-state index contributed by atoms with van der Waals surface area (Å²) < 4.78 is 14.8. The van der Waals surface area contributed by atoms with Gasteiger partial charge in [0.15, 0.2) is 5.13 Å². The summed E-state index contributed by atoms with van der Waals surface area (Å²) in [5, 5.41) is 0.475. The van der Waals surface area contributed by atoms with Crippen LogP contribution in [0.15, 0.2) is 66.9 Å². The minimum absolute atomic E-state index is 0.101. The second kappa shape index (κ2) is 7.86. The van der Waals surface area contributed by atoms with Crippen LogP contribution in [0.4, 0.5) is 9.52 Å². The SMILES string of the molecule is Cc1cccc(CC(=O)N(Cc2ccccn2)c2nc3c(F)cccc3s2)c1. The van der Waals surface area contributed by atoms with Gasteiger partial charge in [0, 0.05) is 6.20 Å². The monoisotopic (exact) mass is 391 g/mol. The first kappa shape index (κ1) is 18.3. The fraction of sp³-hybridized carbons (Fsp3) is 0.136. The molecule has 0 aliphatic rings. The summed E-state index contributed by atoms with van der Waals surface area (Å²) in [6, 6.07) is 18.3. The summed E-state index contributed by atoms with van der Waals surface area (Å²) in [5.74, 6) is -0.486. The van der Waals surface area contributed by atoms with E-state index in [1.54, 1.807) is 17.2 Å². The maximum Gasteiger partial charge on any atom is 0.233 e. The van der Waals surface area contributed by atoms with E-state index in [2.05, 4.69) is 9.97 Å². The van der Waals surface area contributed by atoms with Gasteiger partial charge < -0.3 is 0 Å². The molecule has 0 unspecified atom stereocenters. The molecule has 0 aliphatic heterocycles. The number of anilines is 1. The van der Waals surface area contributed by atoms with Gasteiger partial charge in [0.25, 0.3) is 0 Å². The fourth-order valence-corrected chi connectivity index (χ4v) is 4.02. The molecule has 6 heteroatoms. The lowest BCUT2D eigenvalue weighted by atomic mass is 10.1. The highest BCUT2D eigenvalue weighted by molar-refractivity contribution is 7.22. The number of nitrogens with zero attached hydrogens (tertiary/aromatic N) is 3. The highest BCUT2D eigenvalue weighted by Gasteiger charge is 2.22. The van der Waals surface area contributed by atoms with Gasteiger partial charge in [-0.25, -0.2) is 9.37 Å². The maximum atomic E-state index is 14.1. The van der Waals surface area contributed by atoms with Crippen molar-refractivity contribution in [2.45, 2.75) is 19.9 Å². The van der Waals surface area contributed by atoms with E-state index in [9.17, 15) is 9.18 Å². The molecule has 1 amide bonds. The van der Waals surface area contributed by atoms with E-state index in [0.717, 1.165) is 16.8 Å². The van der Waals surface area contributed by atoms with Crippen LogP contribution in [0.2, 0.25) is 0 Å². The second-order valence-electron chi connectivity index (χ2n) is 6.55. The molecule has 2 aromatic carbocycles. The Morgan fingerprint density at radius 2 is 1.96 bits per heavy atom. The van der Waals surface area contributed by atoms with Crippen molar-refractivity contribution in [3.8, 4) is 0 Å². The summed E-state index contributed by atoms with van der Waals surface area (Å²) in [4.78, 5) is 23.5. The van der Waals surface area contributed by atoms with Crippen molar-refractivity contribution in [1.82, 2.24) is 9.97 Å². The van der Waals surface area contributed by atoms with E-state index >= 15 is 0 Å². The number of thiazole rings is 1.